The third-order valence-electron chi connectivity index (χ3n) is 6.60. The summed E-state index contributed by atoms with van der Waals surface area (Å²) >= 11 is 0. The molecule has 11 heteroatoms. The second-order valence-electron chi connectivity index (χ2n) is 9.25. The number of carbonyl (C=O) groups is 1. The van der Waals surface area contributed by atoms with Crippen molar-refractivity contribution < 1.29 is 23.2 Å². The molecule has 0 atom stereocenters. The van der Waals surface area contributed by atoms with Crippen LogP contribution in [0.5, 0.6) is 0 Å². The minimum atomic E-state index is -4.43. The summed E-state index contributed by atoms with van der Waals surface area (Å²) in [4.78, 5) is 11.6. The summed E-state index contributed by atoms with van der Waals surface area (Å²) in [5.74, 6) is -0.627. The molecule has 1 aliphatic rings. The Morgan fingerprint density at radius 3 is 2.34 bits per heavy atom. The van der Waals surface area contributed by atoms with Gasteiger partial charge in [-0.2, -0.15) is 18.3 Å². The Balaban J connectivity index is 1.38. The maximum Gasteiger partial charge on any atom is 0.416 e. The van der Waals surface area contributed by atoms with Gasteiger partial charge >= 0.3 is 6.18 Å². The monoisotopic (exact) mass is 518 g/mol. The van der Waals surface area contributed by atoms with Crippen LogP contribution >= 0.6 is 0 Å². The molecule has 1 saturated carbocycles. The average molecular weight is 518 g/mol. The van der Waals surface area contributed by atoms with E-state index in [9.17, 15) is 18.0 Å². The van der Waals surface area contributed by atoms with E-state index in [0.29, 0.717) is 29.5 Å². The number of hydrogen-bond donors (Lipinski definition) is 2. The molecule has 0 saturated heterocycles. The van der Waals surface area contributed by atoms with Gasteiger partial charge in [-0.3, -0.25) is 14.7 Å². The molecule has 1 amide bonds. The Labute approximate surface area is 214 Å². The topological polar surface area (TPSA) is 97.9 Å². The third kappa shape index (κ3) is 4.52. The van der Waals surface area contributed by atoms with Crippen molar-refractivity contribution in [3.8, 4) is 22.5 Å². The maximum absolute atomic E-state index is 13.1. The zero-order valence-electron chi connectivity index (χ0n) is 19.9. The standard InChI is InChI=1S/C27H21F3N6O2/c28-27(29,30)20-8-5-17(6-9-20)25-14-22(19-7-12-24-23(13-19)31-34-36(24)21-10-11-21)32-35(25)15-16-1-3-18(4-2-16)26(37)33-38/h1-9,12-14,21,38H,10-11,15H2,(H,33,37). The van der Waals surface area contributed by atoms with Crippen molar-refractivity contribution in [2.75, 3.05) is 0 Å². The van der Waals surface area contributed by atoms with Crippen molar-refractivity contribution in [2.45, 2.75) is 31.6 Å². The van der Waals surface area contributed by atoms with E-state index in [0.717, 1.165) is 47.1 Å². The van der Waals surface area contributed by atoms with E-state index in [1.807, 2.05) is 28.9 Å². The number of aromatic nitrogens is 5. The maximum atomic E-state index is 13.1. The van der Waals surface area contributed by atoms with Gasteiger partial charge in [-0.15, -0.1) is 5.10 Å². The van der Waals surface area contributed by atoms with Crippen LogP contribution in [0.25, 0.3) is 33.5 Å². The number of halogens is 3. The average Bonchev–Trinajstić information content (AvgIpc) is 3.54. The first kappa shape index (κ1) is 23.9. The van der Waals surface area contributed by atoms with Gasteiger partial charge in [0.2, 0.25) is 0 Å². The molecule has 0 bridgehead atoms. The lowest BCUT2D eigenvalue weighted by atomic mass is 10.1. The molecule has 192 valence electrons. The molecule has 1 fully saturated rings. The Bertz CT molecular complexity index is 1630. The number of hydrogen-bond acceptors (Lipinski definition) is 5. The summed E-state index contributed by atoms with van der Waals surface area (Å²) in [7, 11) is 0. The normalized spacial score (nSPS) is 13.7. The van der Waals surface area contributed by atoms with Crippen LogP contribution in [0, 0.1) is 0 Å². The highest BCUT2D eigenvalue weighted by Gasteiger charge is 2.30. The van der Waals surface area contributed by atoms with Crippen molar-refractivity contribution in [1.29, 1.82) is 0 Å². The van der Waals surface area contributed by atoms with Crippen LogP contribution in [-0.4, -0.2) is 35.9 Å². The fraction of sp³-hybridized carbons (Fsp3) is 0.185. The summed E-state index contributed by atoms with van der Waals surface area (Å²) in [6, 6.07) is 19.6. The van der Waals surface area contributed by atoms with Crippen LogP contribution in [0.4, 0.5) is 13.2 Å². The van der Waals surface area contributed by atoms with Crippen LogP contribution in [0.15, 0.2) is 72.8 Å². The molecule has 0 spiro atoms. The number of benzene rings is 3. The smallest absolute Gasteiger partial charge is 0.288 e. The fourth-order valence-electron chi connectivity index (χ4n) is 4.43. The second-order valence-corrected chi connectivity index (χ2v) is 9.25. The summed E-state index contributed by atoms with van der Waals surface area (Å²) in [6.45, 7) is 0.303. The first-order valence-corrected chi connectivity index (χ1v) is 11.9. The van der Waals surface area contributed by atoms with Crippen molar-refractivity contribution >= 4 is 16.9 Å². The van der Waals surface area contributed by atoms with E-state index in [4.69, 9.17) is 10.3 Å². The van der Waals surface area contributed by atoms with Gasteiger partial charge in [-0.1, -0.05) is 35.5 Å². The molecule has 3 aromatic carbocycles. The first-order valence-electron chi connectivity index (χ1n) is 11.9. The van der Waals surface area contributed by atoms with E-state index in [1.165, 1.54) is 12.1 Å². The summed E-state index contributed by atoms with van der Waals surface area (Å²) in [5, 5.41) is 22.2. The number of alkyl halides is 3. The molecule has 0 radical (unpaired) electrons. The number of fused-ring (bicyclic) bond motifs is 1. The minimum absolute atomic E-state index is 0.285. The molecule has 6 rings (SSSR count). The van der Waals surface area contributed by atoms with E-state index in [1.54, 1.807) is 34.4 Å². The Hall–Kier alpha value is -4.51. The number of rotatable bonds is 6. The van der Waals surface area contributed by atoms with Gasteiger partial charge in [0.25, 0.3) is 5.91 Å². The highest BCUT2D eigenvalue weighted by Crippen LogP contribution is 2.37. The lowest BCUT2D eigenvalue weighted by Crippen LogP contribution is -2.18. The van der Waals surface area contributed by atoms with E-state index >= 15 is 0 Å². The number of carbonyl (C=O) groups excluding carboxylic acids is 1. The molecule has 2 N–H and O–H groups in total. The molecule has 0 unspecified atom stereocenters. The molecule has 2 heterocycles. The lowest BCUT2D eigenvalue weighted by Gasteiger charge is -2.10. The van der Waals surface area contributed by atoms with Crippen LogP contribution in [0.3, 0.4) is 0 Å². The van der Waals surface area contributed by atoms with Crippen molar-refractivity contribution in [1.82, 2.24) is 30.3 Å². The molecular weight excluding hydrogens is 497 g/mol. The molecule has 2 aromatic heterocycles. The number of amides is 1. The zero-order chi connectivity index (χ0) is 26.4. The Kier molecular flexibility index (Phi) is 5.72. The van der Waals surface area contributed by atoms with Gasteiger partial charge in [0.1, 0.15) is 5.52 Å². The Morgan fingerprint density at radius 2 is 1.68 bits per heavy atom. The number of nitrogens with zero attached hydrogens (tertiary/aromatic N) is 5. The third-order valence-corrected chi connectivity index (χ3v) is 6.60. The van der Waals surface area contributed by atoms with Crippen LogP contribution in [0.2, 0.25) is 0 Å². The molecule has 5 aromatic rings. The number of nitrogens with one attached hydrogen (secondary N) is 1. The van der Waals surface area contributed by atoms with Crippen LogP contribution < -0.4 is 5.48 Å². The van der Waals surface area contributed by atoms with Crippen molar-refractivity contribution in [3.05, 3.63) is 89.5 Å². The Morgan fingerprint density at radius 1 is 0.974 bits per heavy atom. The first-order chi connectivity index (χ1) is 18.3. The van der Waals surface area contributed by atoms with Gasteiger partial charge < -0.3 is 0 Å². The quantitative estimate of drug-likeness (QED) is 0.229. The van der Waals surface area contributed by atoms with Gasteiger partial charge in [0, 0.05) is 11.1 Å². The van der Waals surface area contributed by atoms with E-state index in [2.05, 4.69) is 10.3 Å². The van der Waals surface area contributed by atoms with Gasteiger partial charge in [0.15, 0.2) is 0 Å². The van der Waals surface area contributed by atoms with Crippen LogP contribution in [0.1, 0.15) is 40.4 Å². The molecule has 38 heavy (non-hydrogen) atoms. The van der Waals surface area contributed by atoms with Gasteiger partial charge in [-0.25, -0.2) is 10.2 Å². The van der Waals surface area contributed by atoms with Crippen molar-refractivity contribution in [3.63, 3.8) is 0 Å². The highest BCUT2D eigenvalue weighted by atomic mass is 19.4. The highest BCUT2D eigenvalue weighted by molar-refractivity contribution is 5.93. The lowest BCUT2D eigenvalue weighted by molar-refractivity contribution is -0.137. The van der Waals surface area contributed by atoms with Gasteiger partial charge in [0.05, 0.1) is 35.1 Å². The molecular formula is C27H21F3N6O2. The summed E-state index contributed by atoms with van der Waals surface area (Å²) < 4.78 is 43.1. The largest absolute Gasteiger partial charge is 0.416 e. The van der Waals surface area contributed by atoms with E-state index < -0.39 is 17.6 Å². The van der Waals surface area contributed by atoms with E-state index in [-0.39, 0.29) is 5.56 Å². The van der Waals surface area contributed by atoms with Gasteiger partial charge in [-0.05, 0) is 66.4 Å². The SMILES string of the molecule is O=C(NO)c1ccc(Cn2nc(-c3ccc4c(c3)nnn4C3CC3)cc2-c2ccc(C(F)(F)F)cc2)cc1. The second kappa shape index (κ2) is 9.10. The van der Waals surface area contributed by atoms with Crippen LogP contribution in [-0.2, 0) is 12.7 Å². The summed E-state index contributed by atoms with van der Waals surface area (Å²) in [5.41, 5.74) is 6.31. The molecule has 1 aliphatic carbocycles. The molecule has 0 aliphatic heterocycles. The predicted octanol–water partition coefficient (Wildman–Crippen LogP) is 5.48. The zero-order valence-corrected chi connectivity index (χ0v) is 19.9. The minimum Gasteiger partial charge on any atom is -0.288 e. The fourth-order valence-corrected chi connectivity index (χ4v) is 4.43. The predicted molar refractivity (Wildman–Crippen MR) is 132 cm³/mol. The van der Waals surface area contributed by atoms with Crippen molar-refractivity contribution in [2.24, 2.45) is 0 Å². The number of hydroxylamine groups is 1. The molecule has 8 nitrogen and oxygen atoms in total. The summed E-state index contributed by atoms with van der Waals surface area (Å²) in [6.07, 6.45) is -2.25.